The standard InChI is InChI=1S/C17H15NO7S/c1-24-13-7-10(8-14(25-2)16(13)19)9-15(17(20)21)26-12-5-3-11(4-6-12)18(22)23/h3-9,19H,1-2H3,(H,20,21)/p-1/b15-9+. The van der Waals surface area contributed by atoms with Gasteiger partial charge < -0.3 is 19.7 Å². The van der Waals surface area contributed by atoms with Crippen molar-refractivity contribution in [2.24, 2.45) is 0 Å². The van der Waals surface area contributed by atoms with Gasteiger partial charge in [0.1, 0.15) is 11.5 Å². The molecular weight excluding hydrogens is 362 g/mol. The van der Waals surface area contributed by atoms with E-state index in [0.29, 0.717) is 10.5 Å². The summed E-state index contributed by atoms with van der Waals surface area (Å²) in [5.74, 6) is -1.56. The van der Waals surface area contributed by atoms with Crippen molar-refractivity contribution < 1.29 is 29.4 Å². The molecule has 0 spiro atoms. The van der Waals surface area contributed by atoms with Crippen LogP contribution in [0.2, 0.25) is 0 Å². The third-order valence-electron chi connectivity index (χ3n) is 3.27. The topological polar surface area (TPSA) is 122 Å². The van der Waals surface area contributed by atoms with Crippen molar-refractivity contribution in [2.75, 3.05) is 14.2 Å². The van der Waals surface area contributed by atoms with Crippen molar-refractivity contribution in [2.45, 2.75) is 4.90 Å². The number of nitro groups is 1. The smallest absolute Gasteiger partial charge is 0.342 e. The van der Waals surface area contributed by atoms with E-state index in [1.807, 2.05) is 0 Å². The Labute approximate surface area is 152 Å². The Morgan fingerprint density at radius 2 is 1.69 bits per heavy atom. The summed E-state index contributed by atoms with van der Waals surface area (Å²) >= 11 is 0.922. The van der Waals surface area contributed by atoms with E-state index in [0.717, 1.165) is 11.8 Å². The largest absolute Gasteiger partial charge is 0.867 e. The number of thioether (sulfide) groups is 1. The number of methoxy groups -OCH3 is 2. The minimum Gasteiger partial charge on any atom is -0.867 e. The van der Waals surface area contributed by atoms with Crippen LogP contribution in [0.25, 0.3) is 6.08 Å². The molecule has 0 bridgehead atoms. The summed E-state index contributed by atoms with van der Waals surface area (Å²) in [5, 5.41) is 32.0. The van der Waals surface area contributed by atoms with Gasteiger partial charge in [-0.05, 0) is 41.7 Å². The van der Waals surface area contributed by atoms with Crippen LogP contribution in [-0.4, -0.2) is 30.2 Å². The van der Waals surface area contributed by atoms with Crippen LogP contribution in [0.4, 0.5) is 5.69 Å². The van der Waals surface area contributed by atoms with E-state index >= 15 is 0 Å². The van der Waals surface area contributed by atoms with Crippen LogP contribution in [0.3, 0.4) is 0 Å². The molecule has 2 aromatic rings. The van der Waals surface area contributed by atoms with Gasteiger partial charge in [0, 0.05) is 17.0 Å². The van der Waals surface area contributed by atoms with Gasteiger partial charge in [0.05, 0.1) is 24.0 Å². The first-order valence-corrected chi connectivity index (χ1v) is 7.97. The number of carboxylic acids is 1. The number of benzene rings is 2. The van der Waals surface area contributed by atoms with Gasteiger partial charge in [-0.25, -0.2) is 4.79 Å². The maximum Gasteiger partial charge on any atom is 0.342 e. The Balaban J connectivity index is 2.37. The Morgan fingerprint density at radius 3 is 2.12 bits per heavy atom. The molecule has 1 N–H and O–H groups in total. The summed E-state index contributed by atoms with van der Waals surface area (Å²) in [7, 11) is 2.65. The molecule has 0 fully saturated rings. The SMILES string of the molecule is COc1cc(/C=C(/Sc2ccc([N+](=O)[O-])cc2)C(=O)O)cc(OC)c1[O-]. The summed E-state index contributed by atoms with van der Waals surface area (Å²) < 4.78 is 9.97. The molecule has 0 aliphatic rings. The van der Waals surface area contributed by atoms with E-state index in [4.69, 9.17) is 9.47 Å². The van der Waals surface area contributed by atoms with E-state index in [2.05, 4.69) is 0 Å². The minimum absolute atomic E-state index is 0.0284. The lowest BCUT2D eigenvalue weighted by Gasteiger charge is -2.17. The average Bonchev–Trinajstić information content (AvgIpc) is 2.62. The predicted molar refractivity (Wildman–Crippen MR) is 93.6 cm³/mol. The van der Waals surface area contributed by atoms with E-state index in [-0.39, 0.29) is 22.1 Å². The molecule has 0 amide bonds. The van der Waals surface area contributed by atoms with Crippen LogP contribution < -0.4 is 14.6 Å². The fraction of sp³-hybridized carbons (Fsp3) is 0.118. The minimum atomic E-state index is -1.18. The highest BCUT2D eigenvalue weighted by molar-refractivity contribution is 8.04. The van der Waals surface area contributed by atoms with Crippen molar-refractivity contribution >= 4 is 29.5 Å². The molecule has 0 radical (unpaired) electrons. The summed E-state index contributed by atoms with van der Waals surface area (Å²) in [6.07, 6.45) is 1.36. The van der Waals surface area contributed by atoms with Crippen molar-refractivity contribution in [1.82, 2.24) is 0 Å². The average molecular weight is 376 g/mol. The second-order valence-electron chi connectivity index (χ2n) is 4.92. The number of non-ortho nitro benzene ring substituents is 1. The van der Waals surface area contributed by atoms with Gasteiger partial charge in [-0.15, -0.1) is 0 Å². The van der Waals surface area contributed by atoms with Gasteiger partial charge in [0.2, 0.25) is 0 Å². The Hall–Kier alpha value is -3.20. The normalized spacial score (nSPS) is 11.1. The number of rotatable bonds is 7. The Morgan fingerprint density at radius 1 is 1.15 bits per heavy atom. The maximum atomic E-state index is 11.9. The number of hydrogen-bond donors (Lipinski definition) is 1. The lowest BCUT2D eigenvalue weighted by molar-refractivity contribution is -0.384. The highest BCUT2D eigenvalue weighted by Gasteiger charge is 2.13. The first kappa shape index (κ1) is 19.1. The second kappa shape index (κ2) is 8.26. The van der Waals surface area contributed by atoms with E-state index in [9.17, 15) is 25.1 Å². The highest BCUT2D eigenvalue weighted by Crippen LogP contribution is 2.37. The zero-order valence-electron chi connectivity index (χ0n) is 13.8. The third-order valence-corrected chi connectivity index (χ3v) is 4.29. The molecular formula is C17H14NO7S-. The Bertz CT molecular complexity index is 837. The van der Waals surface area contributed by atoms with Crippen LogP contribution >= 0.6 is 11.8 Å². The van der Waals surface area contributed by atoms with Crippen molar-refractivity contribution in [3.8, 4) is 17.2 Å². The molecule has 136 valence electrons. The molecule has 0 aromatic heterocycles. The van der Waals surface area contributed by atoms with Crippen LogP contribution in [0, 0.1) is 10.1 Å². The van der Waals surface area contributed by atoms with E-state index in [1.165, 1.54) is 56.7 Å². The summed E-state index contributed by atoms with van der Waals surface area (Å²) in [5.41, 5.74) is 0.320. The molecule has 0 unspecified atom stereocenters. The number of aliphatic carboxylic acids is 1. The lowest BCUT2D eigenvalue weighted by atomic mass is 10.1. The molecule has 2 aromatic carbocycles. The molecule has 2 rings (SSSR count). The van der Waals surface area contributed by atoms with Crippen LogP contribution in [0.15, 0.2) is 46.2 Å². The molecule has 0 atom stereocenters. The number of carboxylic acid groups (broad SMARTS) is 1. The van der Waals surface area contributed by atoms with E-state index in [1.54, 1.807) is 0 Å². The second-order valence-corrected chi connectivity index (χ2v) is 6.04. The molecule has 9 heteroatoms. The quantitative estimate of drug-likeness (QED) is 0.339. The van der Waals surface area contributed by atoms with Gasteiger partial charge in [-0.2, -0.15) is 0 Å². The van der Waals surface area contributed by atoms with Gasteiger partial charge in [-0.1, -0.05) is 11.8 Å². The zero-order valence-corrected chi connectivity index (χ0v) is 14.6. The van der Waals surface area contributed by atoms with Gasteiger partial charge in [0.25, 0.3) is 5.69 Å². The van der Waals surface area contributed by atoms with E-state index < -0.39 is 16.6 Å². The highest BCUT2D eigenvalue weighted by atomic mass is 32.2. The molecule has 0 aliphatic heterocycles. The molecule has 0 saturated carbocycles. The van der Waals surface area contributed by atoms with Gasteiger partial charge in [-0.3, -0.25) is 10.1 Å². The fourth-order valence-corrected chi connectivity index (χ4v) is 2.84. The first-order chi connectivity index (χ1) is 12.3. The molecule has 0 aliphatic carbocycles. The molecule has 0 heterocycles. The summed E-state index contributed by atoms with van der Waals surface area (Å²) in [4.78, 5) is 22.2. The monoisotopic (exact) mass is 376 g/mol. The van der Waals surface area contributed by atoms with Crippen LogP contribution in [0.5, 0.6) is 17.2 Å². The van der Waals surface area contributed by atoms with Crippen molar-refractivity contribution in [1.29, 1.82) is 0 Å². The summed E-state index contributed by atoms with van der Waals surface area (Å²) in [6.45, 7) is 0. The molecule has 26 heavy (non-hydrogen) atoms. The van der Waals surface area contributed by atoms with Crippen molar-refractivity contribution in [3.05, 3.63) is 57.0 Å². The summed E-state index contributed by atoms with van der Waals surface area (Å²) in [6, 6.07) is 8.32. The number of ether oxygens (including phenoxy) is 2. The zero-order chi connectivity index (χ0) is 19.3. The third kappa shape index (κ3) is 4.45. The number of hydrogen-bond acceptors (Lipinski definition) is 7. The number of nitrogens with zero attached hydrogens (tertiary/aromatic N) is 1. The fourth-order valence-electron chi connectivity index (χ4n) is 2.03. The maximum absolute atomic E-state index is 11.9. The van der Waals surface area contributed by atoms with Gasteiger partial charge in [0.15, 0.2) is 0 Å². The lowest BCUT2D eigenvalue weighted by Crippen LogP contribution is -2.00. The van der Waals surface area contributed by atoms with Crippen LogP contribution in [-0.2, 0) is 4.79 Å². The number of nitro benzene ring substituents is 1. The molecule has 8 nitrogen and oxygen atoms in total. The van der Waals surface area contributed by atoms with Crippen molar-refractivity contribution in [3.63, 3.8) is 0 Å². The number of carbonyl (C=O) groups is 1. The predicted octanol–water partition coefficient (Wildman–Crippen LogP) is 2.90. The van der Waals surface area contributed by atoms with Crippen LogP contribution in [0.1, 0.15) is 5.56 Å². The van der Waals surface area contributed by atoms with Gasteiger partial charge >= 0.3 is 5.97 Å². The Kier molecular flexibility index (Phi) is 6.07. The first-order valence-electron chi connectivity index (χ1n) is 7.16. The molecule has 0 saturated heterocycles.